The number of hydrogen-bond acceptors (Lipinski definition) is 2. The number of aromatic nitrogens is 2. The molecule has 2 aromatic rings. The van der Waals surface area contributed by atoms with Gasteiger partial charge in [0.2, 0.25) is 0 Å². The van der Waals surface area contributed by atoms with Gasteiger partial charge in [-0.3, -0.25) is 0 Å². The normalized spacial score (nSPS) is 10.5. The standard InChI is InChI=1S/C12H9Cl2FN2/c13-5-8-6-16-12(17-7-8)4-9-10(14)2-1-3-11(9)15/h1-3,6-7H,4-5H2. The Kier molecular flexibility index (Phi) is 3.92. The summed E-state index contributed by atoms with van der Waals surface area (Å²) < 4.78 is 13.5. The minimum Gasteiger partial charge on any atom is -0.241 e. The van der Waals surface area contributed by atoms with Crippen LogP contribution in [0, 0.1) is 5.82 Å². The highest BCUT2D eigenvalue weighted by molar-refractivity contribution is 6.31. The van der Waals surface area contributed by atoms with E-state index in [1.165, 1.54) is 6.07 Å². The summed E-state index contributed by atoms with van der Waals surface area (Å²) in [5.41, 5.74) is 1.24. The van der Waals surface area contributed by atoms with Gasteiger partial charge in [-0.2, -0.15) is 0 Å². The van der Waals surface area contributed by atoms with Crippen LogP contribution in [0.1, 0.15) is 17.0 Å². The van der Waals surface area contributed by atoms with Crippen LogP contribution in [0.4, 0.5) is 4.39 Å². The van der Waals surface area contributed by atoms with E-state index < -0.39 is 0 Å². The molecule has 1 heterocycles. The first-order chi connectivity index (χ1) is 8.20. The first-order valence-corrected chi connectivity index (χ1v) is 5.90. The van der Waals surface area contributed by atoms with Crippen LogP contribution in [0.2, 0.25) is 5.02 Å². The van der Waals surface area contributed by atoms with Crippen LogP contribution in [0.15, 0.2) is 30.6 Å². The molecule has 0 unspecified atom stereocenters. The Morgan fingerprint density at radius 3 is 2.47 bits per heavy atom. The van der Waals surface area contributed by atoms with Crippen molar-refractivity contribution in [2.75, 3.05) is 0 Å². The van der Waals surface area contributed by atoms with Gasteiger partial charge in [-0.25, -0.2) is 14.4 Å². The summed E-state index contributed by atoms with van der Waals surface area (Å²) in [5, 5.41) is 0.384. The van der Waals surface area contributed by atoms with E-state index in [1.54, 1.807) is 24.5 Å². The molecule has 0 amide bonds. The van der Waals surface area contributed by atoms with Crippen LogP contribution >= 0.6 is 23.2 Å². The van der Waals surface area contributed by atoms with Gasteiger partial charge in [0.05, 0.1) is 5.88 Å². The van der Waals surface area contributed by atoms with Gasteiger partial charge in [0.15, 0.2) is 0 Å². The van der Waals surface area contributed by atoms with E-state index in [2.05, 4.69) is 9.97 Å². The maximum atomic E-state index is 13.5. The molecule has 17 heavy (non-hydrogen) atoms. The van der Waals surface area contributed by atoms with Crippen LogP contribution in [0.25, 0.3) is 0 Å². The Morgan fingerprint density at radius 2 is 1.88 bits per heavy atom. The average molecular weight is 271 g/mol. The predicted molar refractivity (Wildman–Crippen MR) is 65.8 cm³/mol. The molecule has 0 atom stereocenters. The van der Waals surface area contributed by atoms with E-state index in [-0.39, 0.29) is 12.2 Å². The molecule has 0 radical (unpaired) electrons. The van der Waals surface area contributed by atoms with Gasteiger partial charge in [0.1, 0.15) is 11.6 Å². The number of halogens is 3. The summed E-state index contributed by atoms with van der Waals surface area (Å²) in [6.45, 7) is 0. The summed E-state index contributed by atoms with van der Waals surface area (Å²) in [6, 6.07) is 4.58. The number of alkyl halides is 1. The van der Waals surface area contributed by atoms with Gasteiger partial charge >= 0.3 is 0 Å². The predicted octanol–water partition coefficient (Wildman–Crippen LogP) is 3.60. The van der Waals surface area contributed by atoms with E-state index >= 15 is 0 Å². The van der Waals surface area contributed by atoms with Gasteiger partial charge in [-0.05, 0) is 12.1 Å². The van der Waals surface area contributed by atoms with Gasteiger partial charge < -0.3 is 0 Å². The van der Waals surface area contributed by atoms with Crippen molar-refractivity contribution in [2.45, 2.75) is 12.3 Å². The van der Waals surface area contributed by atoms with Crippen LogP contribution in [-0.2, 0) is 12.3 Å². The van der Waals surface area contributed by atoms with Crippen LogP contribution in [0.3, 0.4) is 0 Å². The topological polar surface area (TPSA) is 25.8 Å². The van der Waals surface area contributed by atoms with Crippen molar-refractivity contribution in [1.82, 2.24) is 9.97 Å². The highest BCUT2D eigenvalue weighted by atomic mass is 35.5. The average Bonchev–Trinajstić information content (AvgIpc) is 2.35. The van der Waals surface area contributed by atoms with Crippen molar-refractivity contribution in [3.05, 3.63) is 58.4 Å². The number of rotatable bonds is 3. The number of benzene rings is 1. The second-order valence-electron chi connectivity index (χ2n) is 3.52. The zero-order chi connectivity index (χ0) is 12.3. The van der Waals surface area contributed by atoms with Crippen LogP contribution in [0.5, 0.6) is 0 Å². The molecular formula is C12H9Cl2FN2. The molecule has 0 aliphatic rings. The molecule has 0 aliphatic carbocycles. The fourth-order valence-electron chi connectivity index (χ4n) is 1.40. The van der Waals surface area contributed by atoms with Crippen molar-refractivity contribution < 1.29 is 4.39 Å². The third-order valence-corrected chi connectivity index (χ3v) is 2.97. The molecule has 0 spiro atoms. The molecular weight excluding hydrogens is 262 g/mol. The Morgan fingerprint density at radius 1 is 1.18 bits per heavy atom. The lowest BCUT2D eigenvalue weighted by molar-refractivity contribution is 0.612. The first kappa shape index (κ1) is 12.3. The second kappa shape index (κ2) is 5.43. The van der Waals surface area contributed by atoms with Crippen molar-refractivity contribution in [2.24, 2.45) is 0 Å². The van der Waals surface area contributed by atoms with E-state index in [0.717, 1.165) is 5.56 Å². The van der Waals surface area contributed by atoms with E-state index in [0.29, 0.717) is 22.3 Å². The van der Waals surface area contributed by atoms with Gasteiger partial charge in [0, 0.05) is 35.0 Å². The molecule has 0 saturated heterocycles. The summed E-state index contributed by atoms with van der Waals surface area (Å²) in [7, 11) is 0. The van der Waals surface area contributed by atoms with Crippen molar-refractivity contribution in [3.63, 3.8) is 0 Å². The zero-order valence-corrected chi connectivity index (χ0v) is 10.3. The monoisotopic (exact) mass is 270 g/mol. The van der Waals surface area contributed by atoms with Crippen LogP contribution < -0.4 is 0 Å². The lowest BCUT2D eigenvalue weighted by Gasteiger charge is -2.05. The van der Waals surface area contributed by atoms with Gasteiger partial charge in [0.25, 0.3) is 0 Å². The Hall–Kier alpha value is -1.19. The molecule has 2 rings (SSSR count). The molecule has 1 aromatic heterocycles. The van der Waals surface area contributed by atoms with E-state index in [9.17, 15) is 4.39 Å². The fourth-order valence-corrected chi connectivity index (χ4v) is 1.77. The third-order valence-electron chi connectivity index (χ3n) is 2.31. The Bertz CT molecular complexity index is 494. The first-order valence-electron chi connectivity index (χ1n) is 4.99. The summed E-state index contributed by atoms with van der Waals surface area (Å²) in [4.78, 5) is 8.21. The minimum absolute atomic E-state index is 0.272. The van der Waals surface area contributed by atoms with E-state index in [4.69, 9.17) is 23.2 Å². The Labute approximate surface area is 108 Å². The third kappa shape index (κ3) is 2.93. The quantitative estimate of drug-likeness (QED) is 0.797. The molecule has 5 heteroatoms. The second-order valence-corrected chi connectivity index (χ2v) is 4.19. The lowest BCUT2D eigenvalue weighted by atomic mass is 10.1. The molecule has 0 bridgehead atoms. The highest BCUT2D eigenvalue weighted by Gasteiger charge is 2.09. The summed E-state index contributed by atoms with van der Waals surface area (Å²) >= 11 is 11.6. The zero-order valence-electron chi connectivity index (χ0n) is 8.83. The number of hydrogen-bond donors (Lipinski definition) is 0. The summed E-state index contributed by atoms with van der Waals surface area (Å²) in [5.74, 6) is 0.536. The van der Waals surface area contributed by atoms with E-state index in [1.807, 2.05) is 0 Å². The smallest absolute Gasteiger partial charge is 0.132 e. The molecule has 2 nitrogen and oxygen atoms in total. The maximum Gasteiger partial charge on any atom is 0.132 e. The molecule has 0 aliphatic heterocycles. The van der Waals surface area contributed by atoms with Gasteiger partial charge in [-0.1, -0.05) is 17.7 Å². The molecule has 0 fully saturated rings. The molecule has 88 valence electrons. The SMILES string of the molecule is Fc1cccc(Cl)c1Cc1ncc(CCl)cn1. The molecule has 1 aromatic carbocycles. The Balaban J connectivity index is 2.25. The van der Waals surface area contributed by atoms with Crippen molar-refractivity contribution in [1.29, 1.82) is 0 Å². The highest BCUT2D eigenvalue weighted by Crippen LogP contribution is 2.20. The van der Waals surface area contributed by atoms with Gasteiger partial charge in [-0.15, -0.1) is 11.6 Å². The van der Waals surface area contributed by atoms with Crippen LogP contribution in [-0.4, -0.2) is 9.97 Å². The summed E-state index contributed by atoms with van der Waals surface area (Å²) in [6.07, 6.45) is 3.53. The number of nitrogens with zero attached hydrogens (tertiary/aromatic N) is 2. The lowest BCUT2D eigenvalue weighted by Crippen LogP contribution is -2.00. The molecule has 0 saturated carbocycles. The fraction of sp³-hybridized carbons (Fsp3) is 0.167. The minimum atomic E-state index is -0.345. The largest absolute Gasteiger partial charge is 0.241 e. The van der Waals surface area contributed by atoms with Crippen molar-refractivity contribution in [3.8, 4) is 0 Å². The molecule has 0 N–H and O–H groups in total. The van der Waals surface area contributed by atoms with Crippen molar-refractivity contribution >= 4 is 23.2 Å². The maximum absolute atomic E-state index is 13.5.